The van der Waals surface area contributed by atoms with Crippen molar-refractivity contribution in [3.63, 3.8) is 0 Å². The Morgan fingerprint density at radius 1 is 1.11 bits per heavy atom. The SMILES string of the molecule is CC(C)OCc1cccc(NC(=O)C2CCN(C(=O)N3CCCC3)CC2)c1. The van der Waals surface area contributed by atoms with Crippen molar-refractivity contribution in [2.24, 2.45) is 5.92 Å². The third-order valence-electron chi connectivity index (χ3n) is 5.29. The molecule has 1 aromatic carbocycles. The number of rotatable bonds is 5. The number of urea groups is 1. The van der Waals surface area contributed by atoms with E-state index in [1.165, 1.54) is 0 Å². The van der Waals surface area contributed by atoms with Crippen LogP contribution in [-0.4, -0.2) is 54.0 Å². The molecule has 0 atom stereocenters. The molecule has 1 N–H and O–H groups in total. The highest BCUT2D eigenvalue weighted by molar-refractivity contribution is 5.92. The zero-order chi connectivity index (χ0) is 19.2. The first-order chi connectivity index (χ1) is 13.0. The molecule has 0 aliphatic carbocycles. The van der Waals surface area contributed by atoms with Crippen LogP contribution < -0.4 is 5.32 Å². The maximum absolute atomic E-state index is 12.6. The number of hydrogen-bond acceptors (Lipinski definition) is 3. The molecule has 6 heteroatoms. The second kappa shape index (κ2) is 9.22. The van der Waals surface area contributed by atoms with Crippen LogP contribution in [0.2, 0.25) is 0 Å². The van der Waals surface area contributed by atoms with Gasteiger partial charge in [-0.25, -0.2) is 4.79 Å². The summed E-state index contributed by atoms with van der Waals surface area (Å²) in [4.78, 5) is 28.9. The molecule has 0 unspecified atom stereocenters. The smallest absolute Gasteiger partial charge is 0.319 e. The maximum Gasteiger partial charge on any atom is 0.319 e. The predicted molar refractivity (Wildman–Crippen MR) is 105 cm³/mol. The molecule has 2 saturated heterocycles. The monoisotopic (exact) mass is 373 g/mol. The Morgan fingerprint density at radius 3 is 2.44 bits per heavy atom. The first-order valence-electron chi connectivity index (χ1n) is 10.1. The van der Waals surface area contributed by atoms with Gasteiger partial charge in [0.1, 0.15) is 0 Å². The van der Waals surface area contributed by atoms with E-state index in [2.05, 4.69) is 5.32 Å². The zero-order valence-corrected chi connectivity index (χ0v) is 16.4. The molecule has 6 nitrogen and oxygen atoms in total. The summed E-state index contributed by atoms with van der Waals surface area (Å²) in [5.41, 5.74) is 1.85. The first kappa shape index (κ1) is 19.7. The number of hydrogen-bond donors (Lipinski definition) is 1. The summed E-state index contributed by atoms with van der Waals surface area (Å²) >= 11 is 0. The fourth-order valence-corrected chi connectivity index (χ4v) is 3.69. The molecule has 3 rings (SSSR count). The minimum atomic E-state index is -0.0387. The fraction of sp³-hybridized carbons (Fsp3) is 0.619. The topological polar surface area (TPSA) is 61.9 Å². The second-order valence-electron chi connectivity index (χ2n) is 7.79. The largest absolute Gasteiger partial charge is 0.374 e. The Balaban J connectivity index is 1.48. The van der Waals surface area contributed by atoms with Crippen molar-refractivity contribution >= 4 is 17.6 Å². The lowest BCUT2D eigenvalue weighted by molar-refractivity contribution is -0.121. The number of amides is 3. The van der Waals surface area contributed by atoms with Gasteiger partial charge in [0.05, 0.1) is 12.7 Å². The summed E-state index contributed by atoms with van der Waals surface area (Å²) in [7, 11) is 0. The van der Waals surface area contributed by atoms with Crippen molar-refractivity contribution < 1.29 is 14.3 Å². The molecule has 2 aliphatic heterocycles. The number of carbonyl (C=O) groups excluding carboxylic acids is 2. The molecule has 2 fully saturated rings. The summed E-state index contributed by atoms with van der Waals surface area (Å²) in [5.74, 6) is 0.00778. The minimum Gasteiger partial charge on any atom is -0.374 e. The predicted octanol–water partition coefficient (Wildman–Crippen LogP) is 3.48. The van der Waals surface area contributed by atoms with Crippen LogP contribution in [-0.2, 0) is 16.1 Å². The van der Waals surface area contributed by atoms with E-state index in [1.807, 2.05) is 47.9 Å². The third-order valence-corrected chi connectivity index (χ3v) is 5.29. The molecule has 0 spiro atoms. The Kier molecular flexibility index (Phi) is 6.72. The molecule has 1 aromatic rings. The van der Waals surface area contributed by atoms with Crippen molar-refractivity contribution in [1.82, 2.24) is 9.80 Å². The summed E-state index contributed by atoms with van der Waals surface area (Å²) in [5, 5.41) is 3.03. The first-order valence-corrected chi connectivity index (χ1v) is 10.1. The zero-order valence-electron chi connectivity index (χ0n) is 16.4. The highest BCUT2D eigenvalue weighted by atomic mass is 16.5. The second-order valence-corrected chi connectivity index (χ2v) is 7.79. The average molecular weight is 373 g/mol. The molecular formula is C21H31N3O3. The number of nitrogens with one attached hydrogen (secondary N) is 1. The maximum atomic E-state index is 12.6. The van der Waals surface area contributed by atoms with E-state index in [1.54, 1.807) is 0 Å². The lowest BCUT2D eigenvalue weighted by Gasteiger charge is -2.34. The van der Waals surface area contributed by atoms with Crippen LogP contribution in [0, 0.1) is 5.92 Å². The van der Waals surface area contributed by atoms with Gasteiger partial charge in [0.2, 0.25) is 5.91 Å². The van der Waals surface area contributed by atoms with Gasteiger partial charge in [0.15, 0.2) is 0 Å². The van der Waals surface area contributed by atoms with Crippen LogP contribution in [0.5, 0.6) is 0 Å². The van der Waals surface area contributed by atoms with Gasteiger partial charge in [0.25, 0.3) is 0 Å². The van der Waals surface area contributed by atoms with E-state index >= 15 is 0 Å². The fourth-order valence-electron chi connectivity index (χ4n) is 3.69. The quantitative estimate of drug-likeness (QED) is 0.859. The number of ether oxygens (including phenoxy) is 1. The molecule has 2 aliphatic rings. The van der Waals surface area contributed by atoms with Crippen LogP contribution in [0.1, 0.15) is 45.1 Å². The van der Waals surface area contributed by atoms with Crippen LogP contribution >= 0.6 is 0 Å². The van der Waals surface area contributed by atoms with Gasteiger partial charge in [-0.3, -0.25) is 4.79 Å². The standard InChI is InChI=1S/C21H31N3O3/c1-16(2)27-15-17-6-5-7-19(14-17)22-20(25)18-8-12-24(13-9-18)21(26)23-10-3-4-11-23/h5-7,14,16,18H,3-4,8-13,15H2,1-2H3,(H,22,25). The normalized spacial score (nSPS) is 18.2. The van der Waals surface area contributed by atoms with Crippen molar-refractivity contribution in [2.45, 2.75) is 52.2 Å². The number of carbonyl (C=O) groups is 2. The van der Waals surface area contributed by atoms with Crippen molar-refractivity contribution in [3.8, 4) is 0 Å². The molecule has 0 aromatic heterocycles. The summed E-state index contributed by atoms with van der Waals surface area (Å²) < 4.78 is 5.63. The molecule has 0 radical (unpaired) electrons. The summed E-state index contributed by atoms with van der Waals surface area (Å²) in [6.45, 7) is 7.62. The number of piperidine rings is 1. The average Bonchev–Trinajstić information content (AvgIpc) is 3.21. The van der Waals surface area contributed by atoms with Crippen molar-refractivity contribution in [2.75, 3.05) is 31.5 Å². The van der Waals surface area contributed by atoms with Gasteiger partial charge in [0, 0.05) is 37.8 Å². The van der Waals surface area contributed by atoms with Gasteiger partial charge in [-0.15, -0.1) is 0 Å². The van der Waals surface area contributed by atoms with Crippen LogP contribution in [0.25, 0.3) is 0 Å². The van der Waals surface area contributed by atoms with Crippen LogP contribution in [0.15, 0.2) is 24.3 Å². The molecule has 0 saturated carbocycles. The number of benzene rings is 1. The highest BCUT2D eigenvalue weighted by Crippen LogP contribution is 2.22. The van der Waals surface area contributed by atoms with E-state index < -0.39 is 0 Å². The lowest BCUT2D eigenvalue weighted by atomic mass is 9.96. The Labute approximate surface area is 161 Å². The third kappa shape index (κ3) is 5.45. The number of anilines is 1. The van der Waals surface area contributed by atoms with Crippen LogP contribution in [0.4, 0.5) is 10.5 Å². The van der Waals surface area contributed by atoms with Crippen molar-refractivity contribution in [1.29, 1.82) is 0 Å². The summed E-state index contributed by atoms with van der Waals surface area (Å²) in [6, 6.07) is 7.95. The minimum absolute atomic E-state index is 0.0387. The lowest BCUT2D eigenvalue weighted by Crippen LogP contribution is -2.47. The van der Waals surface area contributed by atoms with Gasteiger partial charge >= 0.3 is 6.03 Å². The molecule has 27 heavy (non-hydrogen) atoms. The van der Waals surface area contributed by atoms with E-state index in [4.69, 9.17) is 4.74 Å². The van der Waals surface area contributed by atoms with Gasteiger partial charge in [-0.2, -0.15) is 0 Å². The van der Waals surface area contributed by atoms with E-state index in [0.717, 1.165) is 50.0 Å². The van der Waals surface area contributed by atoms with Gasteiger partial charge in [-0.05, 0) is 57.2 Å². The molecular weight excluding hydrogens is 342 g/mol. The Bertz CT molecular complexity index is 648. The van der Waals surface area contributed by atoms with Crippen molar-refractivity contribution in [3.05, 3.63) is 29.8 Å². The van der Waals surface area contributed by atoms with Gasteiger partial charge in [-0.1, -0.05) is 12.1 Å². The molecule has 148 valence electrons. The molecule has 0 bridgehead atoms. The summed E-state index contributed by atoms with van der Waals surface area (Å²) in [6.07, 6.45) is 3.83. The van der Waals surface area contributed by atoms with Crippen LogP contribution in [0.3, 0.4) is 0 Å². The Morgan fingerprint density at radius 2 is 1.78 bits per heavy atom. The van der Waals surface area contributed by atoms with Gasteiger partial charge < -0.3 is 19.9 Å². The van der Waals surface area contributed by atoms with E-state index in [9.17, 15) is 9.59 Å². The number of likely N-dealkylation sites (tertiary alicyclic amines) is 2. The molecule has 2 heterocycles. The Hall–Kier alpha value is -2.08. The number of nitrogens with zero attached hydrogens (tertiary/aromatic N) is 2. The molecule has 3 amide bonds. The van der Waals surface area contributed by atoms with E-state index in [0.29, 0.717) is 19.7 Å². The van der Waals surface area contributed by atoms with E-state index in [-0.39, 0.29) is 24.0 Å². The highest BCUT2D eigenvalue weighted by Gasteiger charge is 2.30.